The summed E-state index contributed by atoms with van der Waals surface area (Å²) in [6.45, 7) is 4.62. The number of aromatic amines is 1. The SMILES string of the molecule is Cc1ccc(C)c2sc(N(Cc3ccccc3)C(=O)c3c[nH]c4ccccc34)nc12. The van der Waals surface area contributed by atoms with E-state index in [1.807, 2.05) is 54.6 Å². The Kier molecular flexibility index (Phi) is 4.60. The average Bonchev–Trinajstić information content (AvgIpc) is 3.40. The van der Waals surface area contributed by atoms with Crippen LogP contribution >= 0.6 is 11.3 Å². The highest BCUT2D eigenvalue weighted by Crippen LogP contribution is 2.35. The van der Waals surface area contributed by atoms with Crippen LogP contribution in [0.1, 0.15) is 27.0 Å². The number of rotatable bonds is 4. The molecule has 4 nitrogen and oxygen atoms in total. The van der Waals surface area contributed by atoms with Gasteiger partial charge in [-0.3, -0.25) is 9.69 Å². The number of carbonyl (C=O) groups excluding carboxylic acids is 1. The van der Waals surface area contributed by atoms with Gasteiger partial charge in [0, 0.05) is 17.1 Å². The summed E-state index contributed by atoms with van der Waals surface area (Å²) in [5.74, 6) is -0.0503. The van der Waals surface area contributed by atoms with E-state index >= 15 is 0 Å². The number of amides is 1. The minimum Gasteiger partial charge on any atom is -0.360 e. The molecule has 0 radical (unpaired) electrons. The second-order valence-corrected chi connectivity index (χ2v) is 8.48. The summed E-state index contributed by atoms with van der Waals surface area (Å²) in [4.78, 5) is 23.7. The quantitative estimate of drug-likeness (QED) is 0.380. The van der Waals surface area contributed by atoms with Gasteiger partial charge in [0.2, 0.25) is 0 Å². The van der Waals surface area contributed by atoms with Crippen molar-refractivity contribution in [1.29, 1.82) is 0 Å². The van der Waals surface area contributed by atoms with Crippen molar-refractivity contribution in [1.82, 2.24) is 9.97 Å². The molecule has 0 aliphatic rings. The fourth-order valence-corrected chi connectivity index (χ4v) is 4.86. The molecule has 5 rings (SSSR count). The van der Waals surface area contributed by atoms with Gasteiger partial charge < -0.3 is 4.98 Å². The smallest absolute Gasteiger partial charge is 0.262 e. The van der Waals surface area contributed by atoms with E-state index < -0.39 is 0 Å². The maximum Gasteiger partial charge on any atom is 0.262 e. The lowest BCUT2D eigenvalue weighted by Crippen LogP contribution is -2.30. The third-order valence-electron chi connectivity index (χ3n) is 5.41. The van der Waals surface area contributed by atoms with Crippen molar-refractivity contribution in [2.24, 2.45) is 0 Å². The molecule has 148 valence electrons. The molecule has 0 saturated carbocycles. The number of aromatic nitrogens is 2. The maximum atomic E-state index is 13.7. The van der Waals surface area contributed by atoms with Crippen LogP contribution in [0.4, 0.5) is 5.13 Å². The predicted octanol–water partition coefficient (Wildman–Crippen LogP) is 6.24. The van der Waals surface area contributed by atoms with Crippen LogP contribution in [0.2, 0.25) is 0 Å². The van der Waals surface area contributed by atoms with Crippen molar-refractivity contribution in [3.8, 4) is 0 Å². The first kappa shape index (κ1) is 18.6. The molecule has 0 bridgehead atoms. The van der Waals surface area contributed by atoms with Gasteiger partial charge >= 0.3 is 0 Å². The summed E-state index contributed by atoms with van der Waals surface area (Å²) in [6, 6.07) is 22.1. The van der Waals surface area contributed by atoms with Gasteiger partial charge in [-0.05, 0) is 36.6 Å². The fraction of sp³-hybridized carbons (Fsp3) is 0.120. The highest BCUT2D eigenvalue weighted by molar-refractivity contribution is 7.22. The monoisotopic (exact) mass is 411 g/mol. The van der Waals surface area contributed by atoms with Crippen LogP contribution < -0.4 is 4.90 Å². The number of hydrogen-bond donors (Lipinski definition) is 1. The molecule has 0 saturated heterocycles. The van der Waals surface area contributed by atoms with E-state index in [4.69, 9.17) is 4.98 Å². The lowest BCUT2D eigenvalue weighted by atomic mass is 10.1. The highest BCUT2D eigenvalue weighted by Gasteiger charge is 2.24. The van der Waals surface area contributed by atoms with E-state index in [9.17, 15) is 4.79 Å². The van der Waals surface area contributed by atoms with Gasteiger partial charge in [-0.15, -0.1) is 0 Å². The van der Waals surface area contributed by atoms with E-state index in [0.717, 1.165) is 37.4 Å². The third kappa shape index (κ3) is 3.17. The molecular weight excluding hydrogens is 390 g/mol. The van der Waals surface area contributed by atoms with Crippen LogP contribution in [-0.2, 0) is 6.54 Å². The number of thiazole rings is 1. The first-order valence-corrected chi connectivity index (χ1v) is 10.7. The van der Waals surface area contributed by atoms with Gasteiger partial charge in [-0.25, -0.2) is 4.98 Å². The normalized spacial score (nSPS) is 11.3. The Hall–Kier alpha value is -3.44. The molecule has 0 spiro atoms. The Morgan fingerprint density at radius 1 is 0.967 bits per heavy atom. The molecule has 0 unspecified atom stereocenters. The number of nitrogens with one attached hydrogen (secondary N) is 1. The van der Waals surface area contributed by atoms with Gasteiger partial charge in [0.15, 0.2) is 5.13 Å². The van der Waals surface area contributed by atoms with E-state index in [2.05, 4.69) is 31.0 Å². The largest absolute Gasteiger partial charge is 0.360 e. The second-order valence-electron chi connectivity index (χ2n) is 7.50. The third-order valence-corrected chi connectivity index (χ3v) is 6.62. The van der Waals surface area contributed by atoms with Crippen LogP contribution in [0, 0.1) is 13.8 Å². The Labute approximate surface area is 178 Å². The molecule has 5 aromatic rings. The Morgan fingerprint density at radius 2 is 1.70 bits per heavy atom. The molecule has 1 amide bonds. The number of nitrogens with zero attached hydrogens (tertiary/aromatic N) is 2. The van der Waals surface area contributed by atoms with Crippen LogP contribution in [0.15, 0.2) is 72.9 Å². The first-order chi connectivity index (χ1) is 14.6. The second kappa shape index (κ2) is 7.43. The van der Waals surface area contributed by atoms with Gasteiger partial charge in [0.25, 0.3) is 5.91 Å². The van der Waals surface area contributed by atoms with Crippen LogP contribution in [0.5, 0.6) is 0 Å². The zero-order valence-corrected chi connectivity index (χ0v) is 17.7. The molecule has 1 N–H and O–H groups in total. The Bertz CT molecular complexity index is 1330. The number of benzene rings is 3. The van der Waals surface area contributed by atoms with Gasteiger partial charge in [0.1, 0.15) is 0 Å². The lowest BCUT2D eigenvalue weighted by molar-refractivity contribution is 0.0986. The topological polar surface area (TPSA) is 49.0 Å². The Balaban J connectivity index is 1.65. The molecule has 0 fully saturated rings. The molecule has 3 aromatic carbocycles. The summed E-state index contributed by atoms with van der Waals surface area (Å²) in [6.07, 6.45) is 1.80. The molecule has 5 heteroatoms. The zero-order chi connectivity index (χ0) is 20.7. The highest BCUT2D eigenvalue weighted by atomic mass is 32.1. The number of anilines is 1. The average molecular weight is 412 g/mol. The summed E-state index contributed by atoms with van der Waals surface area (Å²) in [5, 5.41) is 1.65. The standard InChI is InChI=1S/C25H21N3OS/c1-16-12-13-17(2)23-22(16)27-25(30-23)28(15-18-8-4-3-5-9-18)24(29)20-14-26-21-11-7-6-10-19(20)21/h3-14,26H,15H2,1-2H3. The van der Waals surface area contributed by atoms with E-state index in [1.165, 1.54) is 5.56 Å². The van der Waals surface area contributed by atoms with E-state index in [1.54, 1.807) is 22.4 Å². The van der Waals surface area contributed by atoms with Crippen LogP contribution in [0.3, 0.4) is 0 Å². The van der Waals surface area contributed by atoms with E-state index in [-0.39, 0.29) is 5.91 Å². The number of H-pyrrole nitrogens is 1. The predicted molar refractivity (Wildman–Crippen MR) is 124 cm³/mol. The summed E-state index contributed by atoms with van der Waals surface area (Å²) in [5.41, 5.74) is 5.96. The number of carbonyl (C=O) groups is 1. The van der Waals surface area contributed by atoms with Crippen molar-refractivity contribution in [3.05, 3.63) is 95.2 Å². The van der Waals surface area contributed by atoms with Crippen molar-refractivity contribution in [2.75, 3.05) is 4.90 Å². The number of fused-ring (bicyclic) bond motifs is 2. The van der Waals surface area contributed by atoms with Crippen LogP contribution in [-0.4, -0.2) is 15.9 Å². The van der Waals surface area contributed by atoms with Gasteiger partial charge in [-0.2, -0.15) is 0 Å². The fourth-order valence-electron chi connectivity index (χ4n) is 3.75. The molecule has 0 aliphatic heterocycles. The minimum atomic E-state index is -0.0503. The van der Waals surface area contributed by atoms with Crippen molar-refractivity contribution in [2.45, 2.75) is 20.4 Å². The Morgan fingerprint density at radius 3 is 2.50 bits per heavy atom. The van der Waals surface area contributed by atoms with Gasteiger partial charge in [0.05, 0.1) is 22.3 Å². The summed E-state index contributed by atoms with van der Waals surface area (Å²) >= 11 is 1.58. The summed E-state index contributed by atoms with van der Waals surface area (Å²) in [7, 11) is 0. The van der Waals surface area contributed by atoms with E-state index in [0.29, 0.717) is 12.1 Å². The van der Waals surface area contributed by atoms with Crippen molar-refractivity contribution < 1.29 is 4.79 Å². The van der Waals surface area contributed by atoms with Crippen molar-refractivity contribution >= 4 is 43.5 Å². The first-order valence-electron chi connectivity index (χ1n) is 9.90. The minimum absolute atomic E-state index is 0.0503. The lowest BCUT2D eigenvalue weighted by Gasteiger charge is -2.20. The van der Waals surface area contributed by atoms with Crippen LogP contribution in [0.25, 0.3) is 21.1 Å². The molecule has 2 aromatic heterocycles. The maximum absolute atomic E-state index is 13.7. The summed E-state index contributed by atoms with van der Waals surface area (Å²) < 4.78 is 1.13. The molecular formula is C25H21N3OS. The van der Waals surface area contributed by atoms with Crippen molar-refractivity contribution in [3.63, 3.8) is 0 Å². The number of aryl methyl sites for hydroxylation is 2. The van der Waals surface area contributed by atoms with Gasteiger partial charge in [-0.1, -0.05) is 72.0 Å². The molecule has 2 heterocycles. The zero-order valence-electron chi connectivity index (χ0n) is 16.8. The molecule has 30 heavy (non-hydrogen) atoms. The molecule has 0 aliphatic carbocycles. The molecule has 0 atom stereocenters. The number of para-hydroxylation sites is 1. The number of hydrogen-bond acceptors (Lipinski definition) is 3.